The highest BCUT2D eigenvalue weighted by Crippen LogP contribution is 2.24. The largest absolute Gasteiger partial charge is 0.306 e. The summed E-state index contributed by atoms with van der Waals surface area (Å²) >= 11 is 3.22. The molecular formula is C15H14BrFN2O2. The van der Waals surface area contributed by atoms with Gasteiger partial charge in [-0.3, -0.25) is 10.1 Å². The molecule has 0 radical (unpaired) electrons. The van der Waals surface area contributed by atoms with Gasteiger partial charge in [0.25, 0.3) is 5.69 Å². The Morgan fingerprint density at radius 2 is 2.10 bits per heavy atom. The number of halogens is 2. The molecule has 1 atom stereocenters. The molecule has 0 fully saturated rings. The van der Waals surface area contributed by atoms with Crippen LogP contribution in [0.4, 0.5) is 10.1 Å². The number of nitrogens with zero attached hydrogens (tertiary/aromatic N) is 1. The maximum atomic E-state index is 13.2. The molecule has 0 saturated carbocycles. The molecule has 0 aliphatic carbocycles. The minimum Gasteiger partial charge on any atom is -0.306 e. The van der Waals surface area contributed by atoms with E-state index in [0.717, 1.165) is 5.56 Å². The van der Waals surface area contributed by atoms with Gasteiger partial charge in [0, 0.05) is 28.7 Å². The molecule has 0 spiro atoms. The predicted octanol–water partition coefficient (Wildman–Crippen LogP) is 4.35. The van der Waals surface area contributed by atoms with Gasteiger partial charge in [0.05, 0.1) is 4.92 Å². The Morgan fingerprint density at radius 1 is 1.33 bits per heavy atom. The van der Waals surface area contributed by atoms with Crippen molar-refractivity contribution >= 4 is 21.6 Å². The third kappa shape index (κ3) is 4.09. The second kappa shape index (κ2) is 6.78. The van der Waals surface area contributed by atoms with Crippen molar-refractivity contribution in [2.45, 2.75) is 19.5 Å². The Balaban J connectivity index is 2.11. The zero-order valence-corrected chi connectivity index (χ0v) is 12.9. The molecule has 0 heterocycles. The lowest BCUT2D eigenvalue weighted by Gasteiger charge is -2.14. The predicted molar refractivity (Wildman–Crippen MR) is 82.5 cm³/mol. The lowest BCUT2D eigenvalue weighted by Crippen LogP contribution is -2.18. The quantitative estimate of drug-likeness (QED) is 0.642. The lowest BCUT2D eigenvalue weighted by molar-refractivity contribution is -0.385. The van der Waals surface area contributed by atoms with E-state index in [0.29, 0.717) is 16.6 Å². The van der Waals surface area contributed by atoms with E-state index in [1.807, 2.05) is 13.0 Å². The Labute approximate surface area is 130 Å². The Bertz CT molecular complexity index is 664. The number of rotatable bonds is 5. The first-order chi connectivity index (χ1) is 9.97. The van der Waals surface area contributed by atoms with Crippen molar-refractivity contribution in [3.63, 3.8) is 0 Å². The van der Waals surface area contributed by atoms with Crippen molar-refractivity contribution in [1.82, 2.24) is 5.32 Å². The monoisotopic (exact) mass is 352 g/mol. The van der Waals surface area contributed by atoms with E-state index in [2.05, 4.69) is 21.2 Å². The molecule has 0 saturated heterocycles. The second-order valence-electron chi connectivity index (χ2n) is 4.69. The van der Waals surface area contributed by atoms with E-state index < -0.39 is 4.92 Å². The molecule has 2 aromatic rings. The third-order valence-electron chi connectivity index (χ3n) is 3.19. The van der Waals surface area contributed by atoms with Crippen molar-refractivity contribution in [3.8, 4) is 0 Å². The molecule has 6 heteroatoms. The summed E-state index contributed by atoms with van der Waals surface area (Å²) in [6, 6.07) is 11.1. The van der Waals surface area contributed by atoms with Gasteiger partial charge in [0.15, 0.2) is 0 Å². The zero-order chi connectivity index (χ0) is 15.4. The van der Waals surface area contributed by atoms with Crippen LogP contribution >= 0.6 is 15.9 Å². The summed E-state index contributed by atoms with van der Waals surface area (Å²) in [6.45, 7) is 2.22. The van der Waals surface area contributed by atoms with Crippen LogP contribution in [0.5, 0.6) is 0 Å². The molecule has 21 heavy (non-hydrogen) atoms. The van der Waals surface area contributed by atoms with Crippen LogP contribution in [0.3, 0.4) is 0 Å². The SMILES string of the molecule is C[C@@H](NCc1ccc(Br)cc1[N+](=O)[O-])c1cccc(F)c1. The number of hydrogen-bond acceptors (Lipinski definition) is 3. The van der Waals surface area contributed by atoms with E-state index in [-0.39, 0.29) is 17.5 Å². The molecule has 0 aliphatic rings. The zero-order valence-electron chi connectivity index (χ0n) is 11.3. The van der Waals surface area contributed by atoms with Gasteiger partial charge in [0.2, 0.25) is 0 Å². The molecule has 2 aromatic carbocycles. The average Bonchev–Trinajstić information content (AvgIpc) is 2.45. The van der Waals surface area contributed by atoms with Crippen LogP contribution in [0.1, 0.15) is 24.1 Å². The van der Waals surface area contributed by atoms with E-state index in [9.17, 15) is 14.5 Å². The normalized spacial score (nSPS) is 12.1. The summed E-state index contributed by atoms with van der Waals surface area (Å²) in [5, 5.41) is 14.2. The van der Waals surface area contributed by atoms with E-state index in [1.54, 1.807) is 18.2 Å². The molecular weight excluding hydrogens is 339 g/mol. The number of nitro benzene ring substituents is 1. The molecule has 4 nitrogen and oxygen atoms in total. The van der Waals surface area contributed by atoms with Crippen molar-refractivity contribution < 1.29 is 9.31 Å². The molecule has 0 aliphatic heterocycles. The Morgan fingerprint density at radius 3 is 2.76 bits per heavy atom. The van der Waals surface area contributed by atoms with Crippen LogP contribution in [0.2, 0.25) is 0 Å². The standard InChI is InChI=1S/C15H14BrFN2O2/c1-10(11-3-2-4-14(17)7-11)18-9-12-5-6-13(16)8-15(12)19(20)21/h2-8,10,18H,9H2,1H3/t10-/m1/s1. The van der Waals surface area contributed by atoms with Crippen molar-refractivity contribution in [3.05, 3.63) is 74.0 Å². The fraction of sp³-hybridized carbons (Fsp3) is 0.200. The molecule has 1 N–H and O–H groups in total. The maximum absolute atomic E-state index is 13.2. The van der Waals surface area contributed by atoms with Crippen LogP contribution in [0.15, 0.2) is 46.9 Å². The van der Waals surface area contributed by atoms with Gasteiger partial charge in [0.1, 0.15) is 5.82 Å². The molecule has 110 valence electrons. The summed E-state index contributed by atoms with van der Waals surface area (Å²) in [5.41, 5.74) is 1.45. The van der Waals surface area contributed by atoms with Crippen LogP contribution in [-0.2, 0) is 6.54 Å². The summed E-state index contributed by atoms with van der Waals surface area (Å²) in [5.74, 6) is -0.296. The highest BCUT2D eigenvalue weighted by Gasteiger charge is 2.15. The molecule has 0 amide bonds. The average molecular weight is 353 g/mol. The molecule has 0 aromatic heterocycles. The van der Waals surface area contributed by atoms with Crippen molar-refractivity contribution in [2.75, 3.05) is 0 Å². The number of nitro groups is 1. The maximum Gasteiger partial charge on any atom is 0.275 e. The van der Waals surface area contributed by atoms with Crippen LogP contribution < -0.4 is 5.32 Å². The van der Waals surface area contributed by atoms with E-state index in [4.69, 9.17) is 0 Å². The van der Waals surface area contributed by atoms with E-state index in [1.165, 1.54) is 18.2 Å². The third-order valence-corrected chi connectivity index (χ3v) is 3.68. The van der Waals surface area contributed by atoms with Crippen molar-refractivity contribution in [2.24, 2.45) is 0 Å². The van der Waals surface area contributed by atoms with Crippen molar-refractivity contribution in [1.29, 1.82) is 0 Å². The minimum atomic E-state index is -0.408. The van der Waals surface area contributed by atoms with Gasteiger partial charge >= 0.3 is 0 Å². The first-order valence-electron chi connectivity index (χ1n) is 6.39. The van der Waals surface area contributed by atoms with Crippen LogP contribution in [-0.4, -0.2) is 4.92 Å². The number of hydrogen-bond donors (Lipinski definition) is 1. The van der Waals surface area contributed by atoms with Gasteiger partial charge in [-0.15, -0.1) is 0 Å². The first-order valence-corrected chi connectivity index (χ1v) is 7.18. The number of benzene rings is 2. The van der Waals surface area contributed by atoms with Gasteiger partial charge in [-0.05, 0) is 36.8 Å². The topological polar surface area (TPSA) is 55.2 Å². The number of nitrogens with one attached hydrogen (secondary N) is 1. The summed E-state index contributed by atoms with van der Waals surface area (Å²) in [4.78, 5) is 10.6. The van der Waals surface area contributed by atoms with Gasteiger partial charge < -0.3 is 5.32 Å². The molecule has 0 unspecified atom stereocenters. The highest BCUT2D eigenvalue weighted by atomic mass is 79.9. The lowest BCUT2D eigenvalue weighted by atomic mass is 10.1. The smallest absolute Gasteiger partial charge is 0.275 e. The van der Waals surface area contributed by atoms with Crippen LogP contribution in [0, 0.1) is 15.9 Å². The first kappa shape index (κ1) is 15.6. The molecule has 0 bridgehead atoms. The Kier molecular flexibility index (Phi) is 5.03. The molecule has 2 rings (SSSR count). The summed E-state index contributed by atoms with van der Waals surface area (Å²) in [7, 11) is 0. The Hall–Kier alpha value is -1.79. The second-order valence-corrected chi connectivity index (χ2v) is 5.60. The van der Waals surface area contributed by atoms with Gasteiger partial charge in [-0.1, -0.05) is 28.1 Å². The minimum absolute atomic E-state index is 0.0586. The van der Waals surface area contributed by atoms with Gasteiger partial charge in [-0.2, -0.15) is 0 Å². The highest BCUT2D eigenvalue weighted by molar-refractivity contribution is 9.10. The fourth-order valence-corrected chi connectivity index (χ4v) is 2.36. The summed E-state index contributed by atoms with van der Waals surface area (Å²) in [6.07, 6.45) is 0. The summed E-state index contributed by atoms with van der Waals surface area (Å²) < 4.78 is 13.8. The van der Waals surface area contributed by atoms with E-state index >= 15 is 0 Å². The van der Waals surface area contributed by atoms with Crippen LogP contribution in [0.25, 0.3) is 0 Å². The fourth-order valence-electron chi connectivity index (χ4n) is 2.01. The van der Waals surface area contributed by atoms with Gasteiger partial charge in [-0.25, -0.2) is 4.39 Å².